The first-order valence-corrected chi connectivity index (χ1v) is 4.11. The van der Waals surface area contributed by atoms with Gasteiger partial charge >= 0.3 is 5.97 Å². The number of hydrogen-bond donors (Lipinski definition) is 1. The quantitative estimate of drug-likeness (QED) is 0.615. The van der Waals surface area contributed by atoms with E-state index in [9.17, 15) is 4.79 Å². The molecule has 0 aromatic heterocycles. The van der Waals surface area contributed by atoms with Crippen molar-refractivity contribution in [1.29, 1.82) is 0 Å². The summed E-state index contributed by atoms with van der Waals surface area (Å²) < 4.78 is 5.15. The van der Waals surface area contributed by atoms with Crippen LogP contribution in [0.25, 0.3) is 0 Å². The van der Waals surface area contributed by atoms with Crippen molar-refractivity contribution in [2.45, 2.75) is 44.8 Å². The number of carboxylic acids is 1. The Balaban J connectivity index is 2.02. The van der Waals surface area contributed by atoms with Crippen molar-refractivity contribution >= 4 is 5.97 Å². The Hall–Kier alpha value is -0.570. The molecule has 0 saturated carbocycles. The molecule has 3 nitrogen and oxygen atoms in total. The van der Waals surface area contributed by atoms with Crippen LogP contribution in [-0.2, 0) is 9.53 Å². The molecule has 0 aliphatic carbocycles. The largest absolute Gasteiger partial charge is 0.481 e. The molecular weight excluding hydrogens is 144 g/mol. The SMILES string of the molecule is CCCC[C@@H]1O[C@@H]1CC(=O)O. The van der Waals surface area contributed by atoms with Gasteiger partial charge in [0.25, 0.3) is 0 Å². The minimum Gasteiger partial charge on any atom is -0.481 e. The molecule has 2 atom stereocenters. The normalized spacial score (nSPS) is 28.5. The van der Waals surface area contributed by atoms with E-state index in [-0.39, 0.29) is 18.6 Å². The van der Waals surface area contributed by atoms with Crippen LogP contribution in [0.3, 0.4) is 0 Å². The maximum absolute atomic E-state index is 10.2. The molecule has 11 heavy (non-hydrogen) atoms. The van der Waals surface area contributed by atoms with Gasteiger partial charge in [-0.2, -0.15) is 0 Å². The summed E-state index contributed by atoms with van der Waals surface area (Å²) in [6, 6.07) is 0. The van der Waals surface area contributed by atoms with Crippen LogP contribution in [0.4, 0.5) is 0 Å². The molecule has 64 valence electrons. The van der Waals surface area contributed by atoms with E-state index < -0.39 is 5.97 Å². The molecule has 0 aromatic rings. The second kappa shape index (κ2) is 3.72. The molecule has 1 aliphatic rings. The minimum absolute atomic E-state index is 0.0130. The Morgan fingerprint density at radius 1 is 1.55 bits per heavy atom. The average molecular weight is 158 g/mol. The second-order valence-corrected chi connectivity index (χ2v) is 2.95. The smallest absolute Gasteiger partial charge is 0.306 e. The van der Waals surface area contributed by atoms with Crippen LogP contribution in [0, 0.1) is 0 Å². The molecule has 0 aromatic carbocycles. The van der Waals surface area contributed by atoms with Gasteiger partial charge in [-0.3, -0.25) is 4.79 Å². The zero-order valence-corrected chi connectivity index (χ0v) is 6.75. The highest BCUT2D eigenvalue weighted by molar-refractivity contribution is 5.67. The number of aliphatic carboxylic acids is 1. The van der Waals surface area contributed by atoms with Gasteiger partial charge in [0.1, 0.15) is 0 Å². The maximum Gasteiger partial charge on any atom is 0.306 e. The Bertz CT molecular complexity index is 144. The summed E-state index contributed by atoms with van der Waals surface area (Å²) in [5.41, 5.74) is 0. The van der Waals surface area contributed by atoms with E-state index in [2.05, 4.69) is 6.92 Å². The highest BCUT2D eigenvalue weighted by atomic mass is 16.6. The summed E-state index contributed by atoms with van der Waals surface area (Å²) in [5, 5.41) is 8.39. The molecule has 0 bridgehead atoms. The van der Waals surface area contributed by atoms with E-state index >= 15 is 0 Å². The Morgan fingerprint density at radius 3 is 2.82 bits per heavy atom. The van der Waals surface area contributed by atoms with Gasteiger partial charge in [0.15, 0.2) is 0 Å². The van der Waals surface area contributed by atoms with Crippen molar-refractivity contribution < 1.29 is 14.6 Å². The van der Waals surface area contributed by atoms with Gasteiger partial charge in [-0.05, 0) is 6.42 Å². The van der Waals surface area contributed by atoms with E-state index in [4.69, 9.17) is 9.84 Å². The molecule has 1 N–H and O–H groups in total. The van der Waals surface area contributed by atoms with E-state index in [0.29, 0.717) is 0 Å². The van der Waals surface area contributed by atoms with E-state index in [1.807, 2.05) is 0 Å². The Morgan fingerprint density at radius 2 is 2.27 bits per heavy atom. The third-order valence-corrected chi connectivity index (χ3v) is 1.91. The summed E-state index contributed by atoms with van der Waals surface area (Å²) in [6.07, 6.45) is 3.74. The predicted octanol–water partition coefficient (Wildman–Crippen LogP) is 1.42. The highest BCUT2D eigenvalue weighted by Crippen LogP contribution is 2.29. The monoisotopic (exact) mass is 158 g/mol. The molecule has 3 heteroatoms. The first kappa shape index (κ1) is 8.53. The number of hydrogen-bond acceptors (Lipinski definition) is 2. The van der Waals surface area contributed by atoms with Crippen LogP contribution in [0.15, 0.2) is 0 Å². The molecule has 1 aliphatic heterocycles. The van der Waals surface area contributed by atoms with Crippen molar-refractivity contribution in [2.75, 3.05) is 0 Å². The topological polar surface area (TPSA) is 49.8 Å². The molecule has 1 saturated heterocycles. The molecule has 1 heterocycles. The van der Waals surface area contributed by atoms with Crippen LogP contribution >= 0.6 is 0 Å². The summed E-state index contributed by atoms with van der Waals surface area (Å²) in [5.74, 6) is -0.756. The van der Waals surface area contributed by atoms with Gasteiger partial charge in [0.05, 0.1) is 18.6 Å². The fourth-order valence-electron chi connectivity index (χ4n) is 1.19. The average Bonchev–Trinajstić information content (AvgIpc) is 2.62. The highest BCUT2D eigenvalue weighted by Gasteiger charge is 2.39. The van der Waals surface area contributed by atoms with Gasteiger partial charge in [-0.25, -0.2) is 0 Å². The zero-order chi connectivity index (χ0) is 8.27. The van der Waals surface area contributed by atoms with Gasteiger partial charge in [0, 0.05) is 0 Å². The van der Waals surface area contributed by atoms with E-state index in [0.717, 1.165) is 19.3 Å². The molecule has 1 rings (SSSR count). The van der Waals surface area contributed by atoms with Gasteiger partial charge in [-0.1, -0.05) is 19.8 Å². The number of carboxylic acid groups (broad SMARTS) is 1. The summed E-state index contributed by atoms with van der Waals surface area (Å²) in [6.45, 7) is 2.12. The Labute approximate surface area is 66.4 Å². The first-order chi connectivity index (χ1) is 5.24. The maximum atomic E-state index is 10.2. The van der Waals surface area contributed by atoms with Gasteiger partial charge < -0.3 is 9.84 Å². The molecule has 0 unspecified atom stereocenters. The molecule has 0 spiro atoms. The van der Waals surface area contributed by atoms with Crippen LogP contribution in [-0.4, -0.2) is 23.3 Å². The van der Waals surface area contributed by atoms with Crippen molar-refractivity contribution in [3.05, 3.63) is 0 Å². The molecular formula is C8H14O3. The van der Waals surface area contributed by atoms with Gasteiger partial charge in [0.2, 0.25) is 0 Å². The summed E-state index contributed by atoms with van der Waals surface area (Å²) in [7, 11) is 0. The number of epoxide rings is 1. The number of unbranched alkanes of at least 4 members (excludes halogenated alkanes) is 1. The third kappa shape index (κ3) is 2.89. The first-order valence-electron chi connectivity index (χ1n) is 4.11. The van der Waals surface area contributed by atoms with Crippen LogP contribution < -0.4 is 0 Å². The van der Waals surface area contributed by atoms with Crippen molar-refractivity contribution in [3.8, 4) is 0 Å². The van der Waals surface area contributed by atoms with Crippen LogP contribution in [0.1, 0.15) is 32.6 Å². The number of ether oxygens (including phenoxy) is 1. The van der Waals surface area contributed by atoms with Crippen molar-refractivity contribution in [3.63, 3.8) is 0 Å². The van der Waals surface area contributed by atoms with Crippen molar-refractivity contribution in [2.24, 2.45) is 0 Å². The molecule has 0 amide bonds. The third-order valence-electron chi connectivity index (χ3n) is 1.91. The Kier molecular flexibility index (Phi) is 2.88. The standard InChI is InChI=1S/C8H14O3/c1-2-3-4-6-7(11-6)5-8(9)10/h6-7H,2-5H2,1H3,(H,9,10)/t6-,7+/m0/s1. The van der Waals surface area contributed by atoms with E-state index in [1.54, 1.807) is 0 Å². The molecule has 0 radical (unpaired) electrons. The van der Waals surface area contributed by atoms with Crippen molar-refractivity contribution in [1.82, 2.24) is 0 Å². The lowest BCUT2D eigenvalue weighted by Gasteiger charge is -1.90. The number of carbonyl (C=O) groups is 1. The lowest BCUT2D eigenvalue weighted by Crippen LogP contribution is -2.02. The fourth-order valence-corrected chi connectivity index (χ4v) is 1.19. The molecule has 1 fully saturated rings. The zero-order valence-electron chi connectivity index (χ0n) is 6.75. The van der Waals surface area contributed by atoms with E-state index in [1.165, 1.54) is 0 Å². The predicted molar refractivity (Wildman–Crippen MR) is 40.4 cm³/mol. The number of rotatable bonds is 5. The second-order valence-electron chi connectivity index (χ2n) is 2.95. The lowest BCUT2D eigenvalue weighted by molar-refractivity contribution is -0.137. The van der Waals surface area contributed by atoms with Crippen LogP contribution in [0.2, 0.25) is 0 Å². The van der Waals surface area contributed by atoms with Crippen LogP contribution in [0.5, 0.6) is 0 Å². The minimum atomic E-state index is -0.756. The fraction of sp³-hybridized carbons (Fsp3) is 0.875. The summed E-state index contributed by atoms with van der Waals surface area (Å²) in [4.78, 5) is 10.2. The lowest BCUT2D eigenvalue weighted by atomic mass is 10.1. The summed E-state index contributed by atoms with van der Waals surface area (Å²) >= 11 is 0. The van der Waals surface area contributed by atoms with Gasteiger partial charge in [-0.15, -0.1) is 0 Å².